The van der Waals surface area contributed by atoms with Crippen LogP contribution in [-0.2, 0) is 24.4 Å². The number of piperidine rings is 1. The molecule has 2 saturated heterocycles. The van der Waals surface area contributed by atoms with Gasteiger partial charge in [0.15, 0.2) is 0 Å². The zero-order valence-corrected chi connectivity index (χ0v) is 20.0. The quantitative estimate of drug-likeness (QED) is 0.559. The summed E-state index contributed by atoms with van der Waals surface area (Å²) in [5, 5.41) is 0. The van der Waals surface area contributed by atoms with Crippen LogP contribution in [0.5, 0.6) is 0 Å². The lowest BCUT2D eigenvalue weighted by Crippen LogP contribution is -2.47. The van der Waals surface area contributed by atoms with E-state index in [1.165, 1.54) is 17.7 Å². The van der Waals surface area contributed by atoms with E-state index in [2.05, 4.69) is 38.6 Å². The molecule has 0 saturated carbocycles. The van der Waals surface area contributed by atoms with Gasteiger partial charge in [0.05, 0.1) is 13.2 Å². The molecule has 3 aromatic rings. The Hall–Kier alpha value is -2.80. The van der Waals surface area contributed by atoms with E-state index in [0.29, 0.717) is 11.8 Å². The fraction of sp³-hybridized carbons (Fsp3) is 0.414. The van der Waals surface area contributed by atoms with Gasteiger partial charge in [0.2, 0.25) is 0 Å². The zero-order valence-electron chi connectivity index (χ0n) is 20.0. The number of morpholine rings is 1. The third-order valence-electron chi connectivity index (χ3n) is 7.80. The summed E-state index contributed by atoms with van der Waals surface area (Å²) in [6, 6.07) is 19.4. The highest BCUT2D eigenvalue weighted by Crippen LogP contribution is 2.36. The third kappa shape index (κ3) is 4.70. The van der Waals surface area contributed by atoms with Crippen molar-refractivity contribution in [3.8, 4) is 11.1 Å². The second kappa shape index (κ2) is 9.69. The number of likely N-dealkylation sites (tertiary alicyclic amines) is 1. The van der Waals surface area contributed by atoms with Crippen LogP contribution in [0.25, 0.3) is 11.1 Å². The van der Waals surface area contributed by atoms with Crippen LogP contribution in [0.4, 0.5) is 4.39 Å². The number of aromatic nitrogens is 1. The molecule has 0 unspecified atom stereocenters. The summed E-state index contributed by atoms with van der Waals surface area (Å²) in [6.07, 6.45) is 1.13. The van der Waals surface area contributed by atoms with Crippen LogP contribution in [0.3, 0.4) is 0 Å². The molecule has 1 aromatic heterocycles. The van der Waals surface area contributed by atoms with Crippen molar-refractivity contribution in [1.29, 1.82) is 0 Å². The van der Waals surface area contributed by atoms with E-state index in [-0.39, 0.29) is 11.4 Å². The number of rotatable bonds is 5. The predicted molar refractivity (Wildman–Crippen MR) is 135 cm³/mol. The first-order valence-electron chi connectivity index (χ1n) is 12.7. The van der Waals surface area contributed by atoms with Crippen LogP contribution in [0.2, 0.25) is 0 Å². The fourth-order valence-electron chi connectivity index (χ4n) is 6.15. The van der Waals surface area contributed by atoms with Crippen molar-refractivity contribution in [2.45, 2.75) is 32.0 Å². The molecule has 5 nitrogen and oxygen atoms in total. The van der Waals surface area contributed by atoms with E-state index in [0.717, 1.165) is 87.8 Å². The van der Waals surface area contributed by atoms with Gasteiger partial charge >= 0.3 is 0 Å². The Morgan fingerprint density at radius 3 is 2.46 bits per heavy atom. The number of benzene rings is 2. The maximum atomic E-state index is 13.8. The normalized spacial score (nSPS) is 22.7. The minimum atomic E-state index is -0.195. The number of hydrogen-bond acceptors (Lipinski definition) is 4. The van der Waals surface area contributed by atoms with Gasteiger partial charge in [0.1, 0.15) is 5.82 Å². The van der Waals surface area contributed by atoms with Gasteiger partial charge in [-0.25, -0.2) is 4.39 Å². The summed E-state index contributed by atoms with van der Waals surface area (Å²) >= 11 is 0. The SMILES string of the molecule is O=c1c(-c2ccccc2CN2CCOCC2)ccc2n1C[C@H]1C[C@@H]2CN(Cc2ccc(F)cc2)C1. The van der Waals surface area contributed by atoms with Gasteiger partial charge in [-0.3, -0.25) is 14.6 Å². The van der Waals surface area contributed by atoms with Gasteiger partial charge in [0, 0.05) is 63.0 Å². The number of pyridine rings is 1. The number of halogens is 1. The van der Waals surface area contributed by atoms with Gasteiger partial charge in [0.25, 0.3) is 5.56 Å². The molecule has 2 fully saturated rings. The summed E-state index contributed by atoms with van der Waals surface area (Å²) in [7, 11) is 0. The van der Waals surface area contributed by atoms with E-state index in [1.807, 2.05) is 24.3 Å². The fourth-order valence-corrected chi connectivity index (χ4v) is 6.15. The Kier molecular flexibility index (Phi) is 6.27. The van der Waals surface area contributed by atoms with Gasteiger partial charge < -0.3 is 9.30 Å². The topological polar surface area (TPSA) is 37.7 Å². The number of nitrogens with zero attached hydrogens (tertiary/aromatic N) is 3. The van der Waals surface area contributed by atoms with Crippen LogP contribution in [-0.4, -0.2) is 53.8 Å². The number of fused-ring (bicyclic) bond motifs is 4. The van der Waals surface area contributed by atoms with Crippen LogP contribution >= 0.6 is 0 Å². The maximum absolute atomic E-state index is 13.8. The Morgan fingerprint density at radius 1 is 0.829 bits per heavy atom. The van der Waals surface area contributed by atoms with Crippen molar-refractivity contribution in [1.82, 2.24) is 14.4 Å². The zero-order chi connectivity index (χ0) is 23.8. The summed E-state index contributed by atoms with van der Waals surface area (Å²) in [6.45, 7) is 7.72. The first-order chi connectivity index (χ1) is 17.1. The molecule has 0 aliphatic carbocycles. The predicted octanol–water partition coefficient (Wildman–Crippen LogP) is 4.11. The molecule has 4 heterocycles. The maximum Gasteiger partial charge on any atom is 0.258 e. The lowest BCUT2D eigenvalue weighted by atomic mass is 9.82. The molecule has 182 valence electrons. The van der Waals surface area contributed by atoms with Crippen LogP contribution in [0.1, 0.15) is 29.2 Å². The monoisotopic (exact) mass is 473 g/mol. The molecule has 2 bridgehead atoms. The molecule has 35 heavy (non-hydrogen) atoms. The van der Waals surface area contributed by atoms with Crippen LogP contribution in [0.15, 0.2) is 65.5 Å². The average Bonchev–Trinajstić information content (AvgIpc) is 2.87. The summed E-state index contributed by atoms with van der Waals surface area (Å²) in [4.78, 5) is 18.6. The van der Waals surface area contributed by atoms with E-state index >= 15 is 0 Å². The molecule has 3 aliphatic heterocycles. The molecule has 0 radical (unpaired) electrons. The molecule has 0 N–H and O–H groups in total. The molecular formula is C29H32FN3O2. The van der Waals surface area contributed by atoms with Crippen molar-refractivity contribution in [2.75, 3.05) is 39.4 Å². The Morgan fingerprint density at radius 2 is 1.63 bits per heavy atom. The second-order valence-corrected chi connectivity index (χ2v) is 10.3. The molecular weight excluding hydrogens is 441 g/mol. The molecule has 3 aliphatic rings. The van der Waals surface area contributed by atoms with Gasteiger partial charge in [-0.2, -0.15) is 0 Å². The van der Waals surface area contributed by atoms with E-state index in [1.54, 1.807) is 0 Å². The Bertz CT molecular complexity index is 1250. The highest BCUT2D eigenvalue weighted by Gasteiger charge is 2.35. The Balaban J connectivity index is 1.26. The summed E-state index contributed by atoms with van der Waals surface area (Å²) < 4.78 is 20.9. The highest BCUT2D eigenvalue weighted by atomic mass is 19.1. The highest BCUT2D eigenvalue weighted by molar-refractivity contribution is 5.66. The average molecular weight is 474 g/mol. The van der Waals surface area contributed by atoms with E-state index in [4.69, 9.17) is 4.74 Å². The van der Waals surface area contributed by atoms with E-state index < -0.39 is 0 Å². The van der Waals surface area contributed by atoms with Crippen molar-refractivity contribution >= 4 is 0 Å². The lowest BCUT2D eigenvalue weighted by molar-refractivity contribution is 0.0342. The number of hydrogen-bond donors (Lipinski definition) is 0. The van der Waals surface area contributed by atoms with E-state index in [9.17, 15) is 9.18 Å². The molecule has 2 atom stereocenters. The third-order valence-corrected chi connectivity index (χ3v) is 7.80. The number of ether oxygens (including phenoxy) is 1. The first-order valence-corrected chi connectivity index (χ1v) is 12.7. The minimum Gasteiger partial charge on any atom is -0.379 e. The van der Waals surface area contributed by atoms with Crippen LogP contribution in [0, 0.1) is 11.7 Å². The second-order valence-electron chi connectivity index (χ2n) is 10.3. The van der Waals surface area contributed by atoms with Crippen molar-refractivity contribution in [3.05, 3.63) is 93.7 Å². The van der Waals surface area contributed by atoms with Crippen molar-refractivity contribution < 1.29 is 9.13 Å². The van der Waals surface area contributed by atoms with Crippen molar-refractivity contribution in [2.24, 2.45) is 5.92 Å². The molecule has 6 heteroatoms. The summed E-state index contributed by atoms with van der Waals surface area (Å²) in [5.41, 5.74) is 5.49. The standard InChI is InChI=1S/C29H32FN3O2/c30-25-7-5-21(6-8-25)16-32-17-22-15-24(20-32)28-10-9-27(29(34)33(28)18-22)26-4-2-1-3-23(26)19-31-11-13-35-14-12-31/h1-10,22,24H,11-20H2/t22-,24+/m0/s1. The molecule has 6 rings (SSSR count). The van der Waals surface area contributed by atoms with Crippen molar-refractivity contribution in [3.63, 3.8) is 0 Å². The largest absolute Gasteiger partial charge is 0.379 e. The van der Waals surface area contributed by atoms with Gasteiger partial charge in [-0.1, -0.05) is 36.4 Å². The molecule has 0 spiro atoms. The molecule has 2 aromatic carbocycles. The van der Waals surface area contributed by atoms with Crippen LogP contribution < -0.4 is 5.56 Å². The van der Waals surface area contributed by atoms with Gasteiger partial charge in [-0.05, 0) is 53.3 Å². The first kappa shape index (κ1) is 22.7. The molecule has 0 amide bonds. The minimum absolute atomic E-state index is 0.138. The Labute approximate surface area is 205 Å². The lowest BCUT2D eigenvalue weighted by Gasteiger charge is -2.43. The summed E-state index contributed by atoms with van der Waals surface area (Å²) in [5.74, 6) is 0.617. The smallest absolute Gasteiger partial charge is 0.258 e. The van der Waals surface area contributed by atoms with Gasteiger partial charge in [-0.15, -0.1) is 0 Å².